The van der Waals surface area contributed by atoms with E-state index in [2.05, 4.69) is 67.6 Å². The van der Waals surface area contributed by atoms with E-state index in [0.29, 0.717) is 0 Å². The van der Waals surface area contributed by atoms with Crippen molar-refractivity contribution in [1.82, 2.24) is 0 Å². The van der Waals surface area contributed by atoms with Crippen LogP contribution in [-0.2, 0) is 5.41 Å². The highest BCUT2D eigenvalue weighted by molar-refractivity contribution is 14.1. The van der Waals surface area contributed by atoms with E-state index in [-0.39, 0.29) is 12.0 Å². The molecule has 15 heavy (non-hydrogen) atoms. The minimum absolute atomic E-state index is 0.0965. The van der Waals surface area contributed by atoms with Gasteiger partial charge in [0.2, 0.25) is 0 Å². The number of hydrogen-bond acceptors (Lipinski definition) is 1. The van der Waals surface area contributed by atoms with E-state index in [1.54, 1.807) is 0 Å². The third kappa shape index (κ3) is 3.61. The molecule has 2 heteroatoms. The molecule has 1 rings (SSSR count). The van der Waals surface area contributed by atoms with Gasteiger partial charge < -0.3 is 5.11 Å². The van der Waals surface area contributed by atoms with Crippen LogP contribution in [0, 0.1) is 0 Å². The molecule has 0 unspecified atom stereocenters. The van der Waals surface area contributed by atoms with Gasteiger partial charge in [0.15, 0.2) is 0 Å². The van der Waals surface area contributed by atoms with Gasteiger partial charge in [-0.1, -0.05) is 45.0 Å². The van der Waals surface area contributed by atoms with Crippen LogP contribution in [0.25, 0.3) is 3.58 Å². The van der Waals surface area contributed by atoms with Gasteiger partial charge in [0.1, 0.15) is 0 Å². The number of aliphatic hydroxyl groups is 1. The zero-order valence-corrected chi connectivity index (χ0v) is 11.6. The summed E-state index contributed by atoms with van der Waals surface area (Å²) in [5, 5.41) is 8.80. The Morgan fingerprint density at radius 2 is 1.80 bits per heavy atom. The van der Waals surface area contributed by atoms with Gasteiger partial charge in [0.05, 0.1) is 6.61 Å². The Bertz CT molecular complexity index is 344. The fourth-order valence-electron chi connectivity index (χ4n) is 1.33. The average Bonchev–Trinajstić information content (AvgIpc) is 2.17. The maximum atomic E-state index is 8.80. The van der Waals surface area contributed by atoms with Crippen molar-refractivity contribution in [3.8, 4) is 0 Å². The van der Waals surface area contributed by atoms with Crippen molar-refractivity contribution >= 4 is 26.2 Å². The van der Waals surface area contributed by atoms with Crippen LogP contribution >= 0.6 is 22.6 Å². The van der Waals surface area contributed by atoms with E-state index in [9.17, 15) is 0 Å². The van der Waals surface area contributed by atoms with E-state index >= 15 is 0 Å². The summed E-state index contributed by atoms with van der Waals surface area (Å²) in [7, 11) is 0. The Morgan fingerprint density at radius 1 is 1.27 bits per heavy atom. The first-order valence-corrected chi connectivity index (χ1v) is 6.10. The lowest BCUT2D eigenvalue weighted by Crippen LogP contribution is -2.10. The van der Waals surface area contributed by atoms with Gasteiger partial charge in [-0.15, -0.1) is 0 Å². The monoisotopic (exact) mass is 316 g/mol. The topological polar surface area (TPSA) is 20.2 Å². The summed E-state index contributed by atoms with van der Waals surface area (Å²) >= 11 is 2.24. The number of benzene rings is 1. The van der Waals surface area contributed by atoms with E-state index in [1.165, 1.54) is 5.56 Å². The SMILES string of the molecule is CC(C)(C)c1ccc(/C(I)=C/CO)cc1. The fraction of sp³-hybridized carbons (Fsp3) is 0.385. The van der Waals surface area contributed by atoms with Crippen molar-refractivity contribution in [2.45, 2.75) is 26.2 Å². The van der Waals surface area contributed by atoms with Crippen molar-refractivity contribution in [3.05, 3.63) is 41.5 Å². The van der Waals surface area contributed by atoms with E-state index in [1.807, 2.05) is 6.08 Å². The number of aliphatic hydroxyl groups excluding tert-OH is 1. The van der Waals surface area contributed by atoms with Crippen LogP contribution in [0.3, 0.4) is 0 Å². The smallest absolute Gasteiger partial charge is 0.0625 e. The molecule has 0 aromatic heterocycles. The van der Waals surface area contributed by atoms with Crippen LogP contribution in [0.1, 0.15) is 31.9 Å². The zero-order valence-electron chi connectivity index (χ0n) is 9.42. The molecule has 0 saturated carbocycles. The normalized spacial score (nSPS) is 13.0. The molecule has 0 saturated heterocycles. The minimum atomic E-state index is 0.0965. The van der Waals surface area contributed by atoms with Crippen LogP contribution in [0.15, 0.2) is 30.3 Å². The maximum absolute atomic E-state index is 8.80. The molecule has 0 atom stereocenters. The second-order valence-corrected chi connectivity index (χ2v) is 5.72. The largest absolute Gasteiger partial charge is 0.392 e. The summed E-state index contributed by atoms with van der Waals surface area (Å²) in [5.74, 6) is 0. The predicted molar refractivity (Wildman–Crippen MR) is 74.2 cm³/mol. The molecule has 1 nitrogen and oxygen atoms in total. The number of halogens is 1. The Balaban J connectivity index is 2.96. The fourth-order valence-corrected chi connectivity index (χ4v) is 1.88. The van der Waals surface area contributed by atoms with Gasteiger partial charge in [-0.05, 0) is 45.2 Å². The van der Waals surface area contributed by atoms with Crippen LogP contribution in [-0.4, -0.2) is 11.7 Å². The molecule has 82 valence electrons. The van der Waals surface area contributed by atoms with Gasteiger partial charge in [0.25, 0.3) is 0 Å². The summed E-state index contributed by atoms with van der Waals surface area (Å²) in [4.78, 5) is 0. The molecule has 0 heterocycles. The molecular formula is C13H17IO. The second-order valence-electron chi connectivity index (χ2n) is 4.56. The maximum Gasteiger partial charge on any atom is 0.0625 e. The van der Waals surface area contributed by atoms with Gasteiger partial charge >= 0.3 is 0 Å². The first kappa shape index (κ1) is 12.7. The minimum Gasteiger partial charge on any atom is -0.392 e. The van der Waals surface area contributed by atoms with Crippen LogP contribution in [0.5, 0.6) is 0 Å². The van der Waals surface area contributed by atoms with Crippen molar-refractivity contribution in [1.29, 1.82) is 0 Å². The first-order valence-electron chi connectivity index (χ1n) is 5.02. The van der Waals surface area contributed by atoms with E-state index in [4.69, 9.17) is 5.11 Å². The summed E-state index contributed by atoms with van der Waals surface area (Å²) in [6.07, 6.45) is 1.81. The zero-order chi connectivity index (χ0) is 11.5. The lowest BCUT2D eigenvalue weighted by molar-refractivity contribution is 0.343. The highest BCUT2D eigenvalue weighted by Crippen LogP contribution is 2.26. The van der Waals surface area contributed by atoms with Crippen molar-refractivity contribution < 1.29 is 5.11 Å². The Hall–Kier alpha value is -0.350. The molecule has 0 bridgehead atoms. The molecular weight excluding hydrogens is 299 g/mol. The summed E-state index contributed by atoms with van der Waals surface area (Å²) in [6, 6.07) is 8.52. The van der Waals surface area contributed by atoms with Gasteiger partial charge in [0, 0.05) is 3.58 Å². The molecule has 1 aromatic carbocycles. The van der Waals surface area contributed by atoms with Gasteiger partial charge in [-0.2, -0.15) is 0 Å². The molecule has 0 aliphatic carbocycles. The van der Waals surface area contributed by atoms with Crippen molar-refractivity contribution in [2.75, 3.05) is 6.61 Å². The third-order valence-corrected chi connectivity index (χ3v) is 3.36. The molecule has 0 aliphatic rings. The molecule has 0 aliphatic heterocycles. The third-order valence-electron chi connectivity index (χ3n) is 2.30. The summed E-state index contributed by atoms with van der Waals surface area (Å²) < 4.78 is 1.09. The standard InChI is InChI=1S/C13H17IO/c1-13(2,3)11-6-4-10(5-7-11)12(14)8-9-15/h4-8,15H,9H2,1-3H3/b12-8-. The molecule has 1 N–H and O–H groups in total. The molecule has 0 fully saturated rings. The van der Waals surface area contributed by atoms with E-state index in [0.717, 1.165) is 9.14 Å². The lowest BCUT2D eigenvalue weighted by Gasteiger charge is -2.19. The lowest BCUT2D eigenvalue weighted by atomic mass is 9.87. The number of hydrogen-bond donors (Lipinski definition) is 1. The van der Waals surface area contributed by atoms with Crippen LogP contribution < -0.4 is 0 Å². The molecule has 0 spiro atoms. The first-order chi connectivity index (χ1) is 6.95. The Morgan fingerprint density at radius 3 is 2.20 bits per heavy atom. The predicted octanol–water partition coefficient (Wildman–Crippen LogP) is 3.75. The summed E-state index contributed by atoms with van der Waals surface area (Å²) in [5.41, 5.74) is 2.70. The highest BCUT2D eigenvalue weighted by atomic mass is 127. The van der Waals surface area contributed by atoms with Crippen molar-refractivity contribution in [2.24, 2.45) is 0 Å². The molecule has 0 radical (unpaired) electrons. The van der Waals surface area contributed by atoms with Gasteiger partial charge in [-0.3, -0.25) is 0 Å². The van der Waals surface area contributed by atoms with Crippen LogP contribution in [0.2, 0.25) is 0 Å². The molecule has 1 aromatic rings. The van der Waals surface area contributed by atoms with E-state index < -0.39 is 0 Å². The van der Waals surface area contributed by atoms with Crippen LogP contribution in [0.4, 0.5) is 0 Å². The summed E-state index contributed by atoms with van der Waals surface area (Å²) in [6.45, 7) is 6.71. The number of rotatable bonds is 2. The average molecular weight is 316 g/mol. The van der Waals surface area contributed by atoms with Crippen molar-refractivity contribution in [3.63, 3.8) is 0 Å². The highest BCUT2D eigenvalue weighted by Gasteiger charge is 2.12. The van der Waals surface area contributed by atoms with Gasteiger partial charge in [-0.25, -0.2) is 0 Å². The quantitative estimate of drug-likeness (QED) is 0.824. The Labute approximate surface area is 105 Å². The Kier molecular flexibility index (Phi) is 4.34. The second kappa shape index (κ2) is 5.12. The molecule has 0 amide bonds.